The van der Waals surface area contributed by atoms with Crippen LogP contribution in [0.5, 0.6) is 0 Å². The Morgan fingerprint density at radius 2 is 2.00 bits per heavy atom. The average Bonchev–Trinajstić information content (AvgIpc) is 3.17. The van der Waals surface area contributed by atoms with E-state index in [0.29, 0.717) is 19.7 Å². The van der Waals surface area contributed by atoms with E-state index in [9.17, 15) is 14.9 Å². The SMILES string of the molecule is O=C1OCCN1c1cccc2c1CCN(c1ccc3cc([N+](=O)[O-])ccc3n1)C2. The number of benzene rings is 2. The van der Waals surface area contributed by atoms with E-state index >= 15 is 0 Å². The number of hydrogen-bond donors (Lipinski definition) is 0. The van der Waals surface area contributed by atoms with Gasteiger partial charge in [0.15, 0.2) is 0 Å². The number of non-ortho nitro benzene ring substituents is 1. The number of anilines is 2. The van der Waals surface area contributed by atoms with Gasteiger partial charge in [-0.1, -0.05) is 12.1 Å². The molecule has 146 valence electrons. The maximum absolute atomic E-state index is 12.0. The van der Waals surface area contributed by atoms with Gasteiger partial charge in [-0.15, -0.1) is 0 Å². The Kier molecular flexibility index (Phi) is 4.04. The van der Waals surface area contributed by atoms with Gasteiger partial charge in [0.05, 0.1) is 22.7 Å². The topological polar surface area (TPSA) is 88.8 Å². The highest BCUT2D eigenvalue weighted by Crippen LogP contribution is 2.32. The lowest BCUT2D eigenvalue weighted by molar-refractivity contribution is -0.384. The number of fused-ring (bicyclic) bond motifs is 2. The van der Waals surface area contributed by atoms with Crippen molar-refractivity contribution in [1.82, 2.24) is 4.98 Å². The van der Waals surface area contributed by atoms with E-state index in [-0.39, 0.29) is 11.8 Å². The third-order valence-electron chi connectivity index (χ3n) is 5.49. The Labute approximate surface area is 166 Å². The number of nitro benzene ring substituents is 1. The van der Waals surface area contributed by atoms with Gasteiger partial charge in [-0.2, -0.15) is 0 Å². The summed E-state index contributed by atoms with van der Waals surface area (Å²) in [6.45, 7) is 2.47. The van der Waals surface area contributed by atoms with Crippen molar-refractivity contribution in [3.63, 3.8) is 0 Å². The normalized spacial score (nSPS) is 16.1. The molecule has 1 saturated heterocycles. The Morgan fingerprint density at radius 1 is 1.10 bits per heavy atom. The second kappa shape index (κ2) is 6.73. The summed E-state index contributed by atoms with van der Waals surface area (Å²) in [5, 5.41) is 11.7. The van der Waals surface area contributed by atoms with Crippen LogP contribution in [0.15, 0.2) is 48.5 Å². The molecule has 8 heteroatoms. The molecule has 0 N–H and O–H groups in total. The largest absolute Gasteiger partial charge is 0.447 e. The Balaban J connectivity index is 1.44. The summed E-state index contributed by atoms with van der Waals surface area (Å²) < 4.78 is 5.09. The second-order valence-electron chi connectivity index (χ2n) is 7.16. The van der Waals surface area contributed by atoms with Gasteiger partial charge in [0.25, 0.3) is 5.69 Å². The maximum Gasteiger partial charge on any atom is 0.414 e. The van der Waals surface area contributed by atoms with Crippen LogP contribution in [0.4, 0.5) is 22.0 Å². The highest BCUT2D eigenvalue weighted by Gasteiger charge is 2.28. The molecule has 0 spiro atoms. The van der Waals surface area contributed by atoms with E-state index < -0.39 is 4.92 Å². The average molecular weight is 390 g/mol. The van der Waals surface area contributed by atoms with Crippen molar-refractivity contribution in [3.8, 4) is 0 Å². The number of carbonyl (C=O) groups excluding carboxylic acids is 1. The van der Waals surface area contributed by atoms with Gasteiger partial charge in [-0.25, -0.2) is 9.78 Å². The van der Waals surface area contributed by atoms with Crippen molar-refractivity contribution in [2.24, 2.45) is 0 Å². The molecule has 2 aromatic carbocycles. The van der Waals surface area contributed by atoms with Crippen molar-refractivity contribution < 1.29 is 14.5 Å². The molecule has 2 aliphatic rings. The molecule has 29 heavy (non-hydrogen) atoms. The molecule has 0 unspecified atom stereocenters. The van der Waals surface area contributed by atoms with E-state index in [1.54, 1.807) is 17.0 Å². The minimum Gasteiger partial charge on any atom is -0.447 e. The van der Waals surface area contributed by atoms with E-state index in [4.69, 9.17) is 9.72 Å². The van der Waals surface area contributed by atoms with E-state index in [1.807, 2.05) is 24.3 Å². The van der Waals surface area contributed by atoms with Crippen molar-refractivity contribution in [3.05, 3.63) is 69.8 Å². The summed E-state index contributed by atoms with van der Waals surface area (Å²) in [4.78, 5) is 31.1. The number of hydrogen-bond acceptors (Lipinski definition) is 6. The van der Waals surface area contributed by atoms with Crippen LogP contribution in [0, 0.1) is 10.1 Å². The number of cyclic esters (lactones) is 1. The van der Waals surface area contributed by atoms with Crippen molar-refractivity contribution in [1.29, 1.82) is 0 Å². The Bertz CT molecular complexity index is 1150. The number of rotatable bonds is 3. The minimum absolute atomic E-state index is 0.0620. The van der Waals surface area contributed by atoms with Crippen LogP contribution in [0.3, 0.4) is 0 Å². The van der Waals surface area contributed by atoms with Crippen LogP contribution in [0.25, 0.3) is 10.9 Å². The molecule has 0 aliphatic carbocycles. The molecule has 1 fully saturated rings. The molecule has 3 heterocycles. The third-order valence-corrected chi connectivity index (χ3v) is 5.49. The third kappa shape index (κ3) is 3.02. The van der Waals surface area contributed by atoms with Crippen LogP contribution in [0.1, 0.15) is 11.1 Å². The molecule has 0 saturated carbocycles. The minimum atomic E-state index is -0.400. The maximum atomic E-state index is 12.0. The lowest BCUT2D eigenvalue weighted by Crippen LogP contribution is -2.33. The first-order chi connectivity index (χ1) is 14.1. The molecule has 0 radical (unpaired) electrons. The van der Waals surface area contributed by atoms with Gasteiger partial charge in [0, 0.05) is 30.6 Å². The summed E-state index contributed by atoms with van der Waals surface area (Å²) in [7, 11) is 0. The first-order valence-corrected chi connectivity index (χ1v) is 9.45. The Morgan fingerprint density at radius 3 is 2.79 bits per heavy atom. The molecular formula is C21H18N4O4. The quantitative estimate of drug-likeness (QED) is 0.501. The van der Waals surface area contributed by atoms with Gasteiger partial charge in [0.2, 0.25) is 0 Å². The van der Waals surface area contributed by atoms with Gasteiger partial charge in [-0.05, 0) is 41.8 Å². The van der Waals surface area contributed by atoms with Crippen LogP contribution < -0.4 is 9.80 Å². The molecule has 8 nitrogen and oxygen atoms in total. The highest BCUT2D eigenvalue weighted by molar-refractivity contribution is 5.90. The lowest BCUT2D eigenvalue weighted by Gasteiger charge is -2.32. The second-order valence-corrected chi connectivity index (χ2v) is 7.16. The van der Waals surface area contributed by atoms with Crippen molar-refractivity contribution in [2.75, 3.05) is 29.5 Å². The first-order valence-electron chi connectivity index (χ1n) is 9.45. The first kappa shape index (κ1) is 17.4. The van der Waals surface area contributed by atoms with Crippen molar-refractivity contribution in [2.45, 2.75) is 13.0 Å². The number of nitrogens with zero attached hydrogens (tertiary/aromatic N) is 4. The molecule has 1 aromatic heterocycles. The van der Waals surface area contributed by atoms with E-state index in [1.165, 1.54) is 17.2 Å². The van der Waals surface area contributed by atoms with Gasteiger partial charge >= 0.3 is 6.09 Å². The zero-order chi connectivity index (χ0) is 20.0. The van der Waals surface area contributed by atoms with Crippen molar-refractivity contribution >= 4 is 34.2 Å². The van der Waals surface area contributed by atoms with Gasteiger partial charge in [-0.3, -0.25) is 15.0 Å². The summed E-state index contributed by atoms with van der Waals surface area (Å²) in [5.41, 5.74) is 4.07. The fourth-order valence-electron chi connectivity index (χ4n) is 4.04. The summed E-state index contributed by atoms with van der Waals surface area (Å²) in [6.07, 6.45) is 0.515. The van der Waals surface area contributed by atoms with E-state index in [2.05, 4.69) is 11.0 Å². The summed E-state index contributed by atoms with van der Waals surface area (Å²) >= 11 is 0. The predicted molar refractivity (Wildman–Crippen MR) is 108 cm³/mol. The highest BCUT2D eigenvalue weighted by atomic mass is 16.6. The molecular weight excluding hydrogens is 372 g/mol. The molecule has 2 aliphatic heterocycles. The lowest BCUT2D eigenvalue weighted by atomic mass is 9.97. The van der Waals surface area contributed by atoms with Gasteiger partial charge in [0.1, 0.15) is 12.4 Å². The standard InChI is InChI=1S/C21H18N4O4/c26-21-24(10-11-29-21)19-3-1-2-15-13-23(9-8-17(15)19)20-7-4-14-12-16(25(27)28)5-6-18(14)22-20/h1-7,12H,8-11,13H2. The fourth-order valence-corrected chi connectivity index (χ4v) is 4.04. The van der Waals surface area contributed by atoms with Crippen LogP contribution in [0.2, 0.25) is 0 Å². The monoisotopic (exact) mass is 390 g/mol. The van der Waals surface area contributed by atoms with Gasteiger partial charge < -0.3 is 9.64 Å². The zero-order valence-electron chi connectivity index (χ0n) is 15.6. The molecule has 3 aromatic rings. The number of carbonyl (C=O) groups is 1. The number of ether oxygens (including phenoxy) is 1. The van der Waals surface area contributed by atoms with Crippen LogP contribution in [-0.2, 0) is 17.7 Å². The number of pyridine rings is 1. The predicted octanol–water partition coefficient (Wildman–Crippen LogP) is 3.66. The smallest absolute Gasteiger partial charge is 0.414 e. The fraction of sp³-hybridized carbons (Fsp3) is 0.238. The number of nitro groups is 1. The summed E-state index contributed by atoms with van der Waals surface area (Å²) in [5.74, 6) is 0.836. The zero-order valence-corrected chi connectivity index (χ0v) is 15.6. The Hall–Kier alpha value is -3.68. The molecule has 5 rings (SSSR count). The van der Waals surface area contributed by atoms with Crippen LogP contribution >= 0.6 is 0 Å². The molecule has 0 atom stereocenters. The number of aromatic nitrogens is 1. The van der Waals surface area contributed by atoms with Crippen LogP contribution in [-0.4, -0.2) is 35.7 Å². The van der Waals surface area contributed by atoms with E-state index in [0.717, 1.165) is 35.4 Å². The number of amides is 1. The summed E-state index contributed by atoms with van der Waals surface area (Å²) in [6, 6.07) is 14.5. The molecule has 1 amide bonds. The molecule has 0 bridgehead atoms.